The Balaban J connectivity index is 1.69. The van der Waals surface area contributed by atoms with Crippen LogP contribution < -0.4 is 5.73 Å². The first-order valence-corrected chi connectivity index (χ1v) is 6.50. The Bertz CT molecular complexity index is 354. The van der Waals surface area contributed by atoms with E-state index in [1.807, 2.05) is 0 Å². The third kappa shape index (κ3) is 2.35. The molecule has 2 aliphatic rings. The molecule has 0 radical (unpaired) electrons. The van der Waals surface area contributed by atoms with Gasteiger partial charge in [0.05, 0.1) is 6.61 Å². The topological polar surface area (TPSA) is 74.2 Å². The number of ether oxygens (including phenoxy) is 1. The van der Waals surface area contributed by atoms with Crippen LogP contribution in [0.4, 0.5) is 0 Å². The minimum Gasteiger partial charge on any atom is -0.381 e. The third-order valence-electron chi connectivity index (χ3n) is 3.81. The summed E-state index contributed by atoms with van der Waals surface area (Å²) in [5, 5.41) is 4.10. The molecular weight excluding hydrogens is 218 g/mol. The molecule has 0 spiro atoms. The van der Waals surface area contributed by atoms with Crippen LogP contribution in [0, 0.1) is 0 Å². The van der Waals surface area contributed by atoms with Gasteiger partial charge in [-0.2, -0.15) is 4.98 Å². The van der Waals surface area contributed by atoms with Crippen LogP contribution in [0.1, 0.15) is 55.7 Å². The van der Waals surface area contributed by atoms with Crippen LogP contribution in [0.15, 0.2) is 4.52 Å². The van der Waals surface area contributed by atoms with E-state index >= 15 is 0 Å². The maximum Gasteiger partial charge on any atom is 0.229 e. The van der Waals surface area contributed by atoms with Crippen molar-refractivity contribution < 1.29 is 9.26 Å². The number of nitrogens with zero attached hydrogens (tertiary/aromatic N) is 2. The van der Waals surface area contributed by atoms with Gasteiger partial charge in [-0.05, 0) is 32.1 Å². The molecule has 94 valence electrons. The lowest BCUT2D eigenvalue weighted by molar-refractivity contribution is 0.0773. The Labute approximate surface area is 101 Å². The average Bonchev–Trinajstić information content (AvgIpc) is 2.98. The summed E-state index contributed by atoms with van der Waals surface area (Å²) < 4.78 is 10.8. The highest BCUT2D eigenvalue weighted by atomic mass is 16.5. The highest BCUT2D eigenvalue weighted by Crippen LogP contribution is 2.33. The van der Waals surface area contributed by atoms with Gasteiger partial charge in [0.1, 0.15) is 0 Å². The Morgan fingerprint density at radius 1 is 1.18 bits per heavy atom. The summed E-state index contributed by atoms with van der Waals surface area (Å²) in [6.45, 7) is 1.59. The lowest BCUT2D eigenvalue weighted by Crippen LogP contribution is -2.16. The van der Waals surface area contributed by atoms with Gasteiger partial charge in [0, 0.05) is 24.5 Å². The highest BCUT2D eigenvalue weighted by Gasteiger charge is 2.29. The van der Waals surface area contributed by atoms with E-state index in [-0.39, 0.29) is 0 Å². The summed E-state index contributed by atoms with van der Waals surface area (Å²) in [4.78, 5) is 4.54. The second-order valence-corrected chi connectivity index (χ2v) is 5.17. The first-order chi connectivity index (χ1) is 8.33. The van der Waals surface area contributed by atoms with Crippen molar-refractivity contribution in [2.24, 2.45) is 5.73 Å². The van der Waals surface area contributed by atoms with E-state index in [9.17, 15) is 0 Å². The van der Waals surface area contributed by atoms with Crippen LogP contribution in [0.2, 0.25) is 0 Å². The van der Waals surface area contributed by atoms with Crippen molar-refractivity contribution in [3.05, 3.63) is 11.7 Å². The number of hydrogen-bond donors (Lipinski definition) is 1. The molecule has 2 fully saturated rings. The van der Waals surface area contributed by atoms with Gasteiger partial charge < -0.3 is 15.0 Å². The zero-order valence-corrected chi connectivity index (χ0v) is 9.97. The van der Waals surface area contributed by atoms with Crippen molar-refractivity contribution in [1.29, 1.82) is 0 Å². The molecule has 2 N–H and O–H groups in total. The van der Waals surface area contributed by atoms with Gasteiger partial charge in [-0.3, -0.25) is 0 Å². The Kier molecular flexibility index (Phi) is 3.11. The highest BCUT2D eigenvalue weighted by molar-refractivity contribution is 5.02. The van der Waals surface area contributed by atoms with Gasteiger partial charge in [-0.25, -0.2) is 0 Å². The summed E-state index contributed by atoms with van der Waals surface area (Å²) in [5.74, 6) is 2.28. The SMILES string of the molecule is NC1CCC(c2nc(C3CCCOC3)no2)C1. The smallest absolute Gasteiger partial charge is 0.229 e. The van der Waals surface area contributed by atoms with Crippen LogP contribution in [0.3, 0.4) is 0 Å². The van der Waals surface area contributed by atoms with E-state index in [1.54, 1.807) is 0 Å². The van der Waals surface area contributed by atoms with Gasteiger partial charge in [0.15, 0.2) is 5.82 Å². The molecule has 3 atom stereocenters. The Morgan fingerprint density at radius 2 is 2.12 bits per heavy atom. The molecule has 0 amide bonds. The van der Waals surface area contributed by atoms with Crippen molar-refractivity contribution in [2.45, 2.75) is 50.0 Å². The summed E-state index contributed by atoms with van der Waals surface area (Å²) in [6.07, 6.45) is 5.30. The largest absolute Gasteiger partial charge is 0.381 e. The third-order valence-corrected chi connectivity index (χ3v) is 3.81. The second-order valence-electron chi connectivity index (χ2n) is 5.17. The van der Waals surface area contributed by atoms with Crippen LogP contribution in [0.5, 0.6) is 0 Å². The number of rotatable bonds is 2. The zero-order chi connectivity index (χ0) is 11.7. The molecule has 17 heavy (non-hydrogen) atoms. The standard InChI is InChI=1S/C12H19N3O2/c13-10-4-3-8(6-10)12-14-11(15-17-12)9-2-1-5-16-7-9/h8-10H,1-7,13H2. The predicted octanol–water partition coefficient (Wildman–Crippen LogP) is 1.56. The van der Waals surface area contributed by atoms with Crippen LogP contribution >= 0.6 is 0 Å². The van der Waals surface area contributed by atoms with E-state index in [0.29, 0.717) is 17.9 Å². The molecule has 1 saturated heterocycles. The summed E-state index contributed by atoms with van der Waals surface area (Å²) in [6, 6.07) is 0.299. The van der Waals surface area contributed by atoms with Crippen LogP contribution in [-0.2, 0) is 4.74 Å². The maximum atomic E-state index is 5.90. The van der Waals surface area contributed by atoms with E-state index < -0.39 is 0 Å². The van der Waals surface area contributed by atoms with Crippen molar-refractivity contribution in [2.75, 3.05) is 13.2 Å². The maximum absolute atomic E-state index is 5.90. The second kappa shape index (κ2) is 4.74. The van der Waals surface area contributed by atoms with Gasteiger partial charge in [0.2, 0.25) is 5.89 Å². The summed E-state index contributed by atoms with van der Waals surface area (Å²) >= 11 is 0. The molecular formula is C12H19N3O2. The average molecular weight is 237 g/mol. The molecule has 1 aromatic heterocycles. The number of nitrogens with two attached hydrogens (primary N) is 1. The normalized spacial score (nSPS) is 34.1. The molecule has 3 rings (SSSR count). The molecule has 1 aliphatic heterocycles. The molecule has 2 heterocycles. The van der Waals surface area contributed by atoms with Crippen molar-refractivity contribution in [3.63, 3.8) is 0 Å². The quantitative estimate of drug-likeness (QED) is 0.844. The van der Waals surface area contributed by atoms with Crippen molar-refractivity contribution in [1.82, 2.24) is 10.1 Å². The first kappa shape index (κ1) is 11.2. The zero-order valence-electron chi connectivity index (χ0n) is 9.97. The van der Waals surface area contributed by atoms with Gasteiger partial charge in [0.25, 0.3) is 0 Å². The fraction of sp³-hybridized carbons (Fsp3) is 0.833. The molecule has 0 aromatic carbocycles. The van der Waals surface area contributed by atoms with E-state index in [2.05, 4.69) is 10.1 Å². The van der Waals surface area contributed by atoms with E-state index in [0.717, 1.165) is 57.0 Å². The van der Waals surface area contributed by atoms with Gasteiger partial charge >= 0.3 is 0 Å². The summed E-state index contributed by atoms with van der Waals surface area (Å²) in [5.41, 5.74) is 5.90. The van der Waals surface area contributed by atoms with E-state index in [4.69, 9.17) is 15.0 Å². The molecule has 1 saturated carbocycles. The molecule has 3 unspecified atom stereocenters. The monoisotopic (exact) mass is 237 g/mol. The lowest BCUT2D eigenvalue weighted by Gasteiger charge is -2.18. The fourth-order valence-corrected chi connectivity index (χ4v) is 2.76. The van der Waals surface area contributed by atoms with Gasteiger partial charge in [-0.15, -0.1) is 0 Å². The minimum absolute atomic E-state index is 0.299. The molecule has 1 aliphatic carbocycles. The van der Waals surface area contributed by atoms with Gasteiger partial charge in [-0.1, -0.05) is 5.16 Å². The van der Waals surface area contributed by atoms with Crippen molar-refractivity contribution >= 4 is 0 Å². The molecule has 5 heteroatoms. The molecule has 0 bridgehead atoms. The van der Waals surface area contributed by atoms with Crippen LogP contribution in [-0.4, -0.2) is 29.4 Å². The summed E-state index contributed by atoms with van der Waals surface area (Å²) in [7, 11) is 0. The Hall–Kier alpha value is -0.940. The molecule has 5 nitrogen and oxygen atoms in total. The number of hydrogen-bond acceptors (Lipinski definition) is 5. The van der Waals surface area contributed by atoms with Crippen LogP contribution in [0.25, 0.3) is 0 Å². The van der Waals surface area contributed by atoms with E-state index in [1.165, 1.54) is 0 Å². The first-order valence-electron chi connectivity index (χ1n) is 6.50. The fourth-order valence-electron chi connectivity index (χ4n) is 2.76. The molecule has 1 aromatic rings. The van der Waals surface area contributed by atoms with Crippen molar-refractivity contribution in [3.8, 4) is 0 Å². The predicted molar refractivity (Wildman–Crippen MR) is 61.7 cm³/mol. The Morgan fingerprint density at radius 3 is 2.82 bits per heavy atom. The number of aromatic nitrogens is 2. The minimum atomic E-state index is 0.299. The lowest BCUT2D eigenvalue weighted by atomic mass is 10.0.